The van der Waals surface area contributed by atoms with Gasteiger partial charge in [-0.1, -0.05) is 13.3 Å². The first-order chi connectivity index (χ1) is 1.91. The van der Waals surface area contributed by atoms with Crippen LogP contribution in [0.5, 0.6) is 0 Å². The summed E-state index contributed by atoms with van der Waals surface area (Å²) in [5, 5.41) is 0. The molecule has 0 aromatic carbocycles. The minimum absolute atomic E-state index is 0. The molecule has 32 valence electrons. The predicted molar refractivity (Wildman–Crippen MR) is 24.9 cm³/mol. The third kappa shape index (κ3) is 21.4. The molecule has 0 aromatic heterocycles. The molecule has 0 radical (unpaired) electrons. The third-order valence-corrected chi connectivity index (χ3v) is 0.236. The van der Waals surface area contributed by atoms with E-state index in [-0.39, 0.29) is 35.5 Å². The standard InChI is InChI=1S/C4H7.ClH.Mg/c1-3-4-2;;/h1,3H,4H2,2H3;1H;/q-1;;+2/p-1. The Morgan fingerprint density at radius 2 is 1.83 bits per heavy atom. The van der Waals surface area contributed by atoms with E-state index in [1.807, 2.05) is 6.92 Å². The van der Waals surface area contributed by atoms with Crippen molar-refractivity contribution in [2.24, 2.45) is 0 Å². The summed E-state index contributed by atoms with van der Waals surface area (Å²) in [6.07, 6.45) is 2.60. The van der Waals surface area contributed by atoms with Gasteiger partial charge in [-0.15, -0.1) is 0 Å². The summed E-state index contributed by atoms with van der Waals surface area (Å²) in [5.74, 6) is 0. The van der Waals surface area contributed by atoms with Crippen molar-refractivity contribution in [1.82, 2.24) is 0 Å². The zero-order chi connectivity index (χ0) is 3.41. The van der Waals surface area contributed by atoms with Crippen LogP contribution in [0.25, 0.3) is 0 Å². The minimum Gasteiger partial charge on any atom is -1.00 e. The molecule has 0 saturated heterocycles. The van der Waals surface area contributed by atoms with Crippen LogP contribution in [0.2, 0.25) is 0 Å². The van der Waals surface area contributed by atoms with E-state index in [1.54, 1.807) is 6.08 Å². The Balaban J connectivity index is -0.0000000450. The average Bonchev–Trinajstić information content (AvgIpc) is 1.37. The molecule has 0 unspecified atom stereocenters. The summed E-state index contributed by atoms with van der Waals surface area (Å²) in [4.78, 5) is 0. The van der Waals surface area contributed by atoms with Gasteiger partial charge in [0, 0.05) is 0 Å². The van der Waals surface area contributed by atoms with Crippen LogP contribution in [0.3, 0.4) is 0 Å². The van der Waals surface area contributed by atoms with E-state index >= 15 is 0 Å². The molecular weight excluding hydrogens is 108 g/mol. The van der Waals surface area contributed by atoms with Crippen molar-refractivity contribution >= 4 is 23.1 Å². The Bertz CT molecular complexity index is 21.5. The maximum absolute atomic E-state index is 4.90. The van der Waals surface area contributed by atoms with Crippen LogP contribution in [-0.4, -0.2) is 23.1 Å². The van der Waals surface area contributed by atoms with Gasteiger partial charge in [0.05, 0.1) is 0 Å². The minimum atomic E-state index is 0. The second kappa shape index (κ2) is 17.1. The Kier molecular flexibility index (Phi) is 45.0. The van der Waals surface area contributed by atoms with E-state index in [0.29, 0.717) is 0 Å². The molecule has 0 aliphatic heterocycles. The van der Waals surface area contributed by atoms with Crippen molar-refractivity contribution in [3.63, 3.8) is 0 Å². The van der Waals surface area contributed by atoms with Crippen LogP contribution >= 0.6 is 0 Å². The molecule has 0 aliphatic carbocycles. The molecule has 0 amide bonds. The van der Waals surface area contributed by atoms with Gasteiger partial charge in [-0.2, -0.15) is 0 Å². The normalized spacial score (nSPS) is 4.17. The van der Waals surface area contributed by atoms with Crippen molar-refractivity contribution in [2.75, 3.05) is 0 Å². The van der Waals surface area contributed by atoms with Crippen LogP contribution in [-0.2, 0) is 0 Å². The molecule has 0 rings (SSSR count). The van der Waals surface area contributed by atoms with E-state index in [1.165, 1.54) is 0 Å². The van der Waals surface area contributed by atoms with E-state index in [0.717, 1.165) is 6.42 Å². The van der Waals surface area contributed by atoms with Crippen LogP contribution in [0.1, 0.15) is 13.3 Å². The molecule has 2 heteroatoms. The molecule has 0 atom stereocenters. The smallest absolute Gasteiger partial charge is 1.00 e. The fourth-order valence-electron chi connectivity index (χ4n) is 0. The molecule has 0 N–H and O–H groups in total. The molecule has 6 heavy (non-hydrogen) atoms. The van der Waals surface area contributed by atoms with Crippen molar-refractivity contribution in [1.29, 1.82) is 0 Å². The number of hydrogen-bond acceptors (Lipinski definition) is 0. The topological polar surface area (TPSA) is 0 Å². The van der Waals surface area contributed by atoms with Gasteiger partial charge in [-0.05, 0) is 0 Å². The predicted octanol–water partition coefficient (Wildman–Crippen LogP) is -1.99. The fourth-order valence-corrected chi connectivity index (χ4v) is 0. The van der Waals surface area contributed by atoms with Gasteiger partial charge in [0.2, 0.25) is 0 Å². The first kappa shape index (κ1) is 15.8. The second-order valence-corrected chi connectivity index (χ2v) is 0.644. The Morgan fingerprint density at radius 3 is 1.83 bits per heavy atom. The zero-order valence-corrected chi connectivity index (χ0v) is 6.12. The maximum Gasteiger partial charge on any atom is 2.00 e. The number of allylic oxidation sites excluding steroid dienone is 1. The van der Waals surface area contributed by atoms with Crippen molar-refractivity contribution in [3.8, 4) is 0 Å². The van der Waals surface area contributed by atoms with Crippen LogP contribution in [0.15, 0.2) is 6.08 Å². The quantitative estimate of drug-likeness (QED) is 0.274. The van der Waals surface area contributed by atoms with Gasteiger partial charge in [0.1, 0.15) is 0 Å². The molecule has 0 aromatic rings. The Morgan fingerprint density at radius 1 is 1.67 bits per heavy atom. The number of rotatable bonds is 1. The van der Waals surface area contributed by atoms with Gasteiger partial charge in [-0.3, -0.25) is 6.08 Å². The SMILES string of the molecule is [CH-]=CCC.[Cl-].[Mg+2]. The number of hydrogen-bond donors (Lipinski definition) is 0. The summed E-state index contributed by atoms with van der Waals surface area (Å²) < 4.78 is 0. The van der Waals surface area contributed by atoms with E-state index in [4.69, 9.17) is 6.58 Å². The van der Waals surface area contributed by atoms with Crippen molar-refractivity contribution < 1.29 is 12.4 Å². The molecule has 0 aliphatic rings. The Hall–Kier alpha value is 0.796. The number of halogens is 1. The van der Waals surface area contributed by atoms with Crippen molar-refractivity contribution in [2.45, 2.75) is 13.3 Å². The maximum atomic E-state index is 4.90. The van der Waals surface area contributed by atoms with Crippen LogP contribution < -0.4 is 12.4 Å². The molecular formula is C4H7ClMg. The largest absolute Gasteiger partial charge is 2.00 e. The van der Waals surface area contributed by atoms with E-state index < -0.39 is 0 Å². The van der Waals surface area contributed by atoms with Crippen LogP contribution in [0, 0.1) is 6.58 Å². The molecule has 0 fully saturated rings. The van der Waals surface area contributed by atoms with Gasteiger partial charge < -0.3 is 19.0 Å². The molecule has 0 nitrogen and oxygen atoms in total. The fraction of sp³-hybridized carbons (Fsp3) is 0.500. The first-order valence-electron chi connectivity index (χ1n) is 1.45. The molecule has 0 bridgehead atoms. The summed E-state index contributed by atoms with van der Waals surface area (Å²) in [7, 11) is 0. The Labute approximate surface area is 61.6 Å². The molecule has 0 saturated carbocycles. The molecule has 0 heterocycles. The summed E-state index contributed by atoms with van der Waals surface area (Å²) in [6, 6.07) is 0. The van der Waals surface area contributed by atoms with Gasteiger partial charge >= 0.3 is 23.1 Å². The van der Waals surface area contributed by atoms with E-state index in [9.17, 15) is 0 Å². The van der Waals surface area contributed by atoms with Crippen molar-refractivity contribution in [3.05, 3.63) is 12.7 Å². The van der Waals surface area contributed by atoms with Gasteiger partial charge in [0.15, 0.2) is 0 Å². The zero-order valence-electron chi connectivity index (χ0n) is 3.95. The second-order valence-electron chi connectivity index (χ2n) is 0.644. The summed E-state index contributed by atoms with van der Waals surface area (Å²) in [6.45, 7) is 6.90. The summed E-state index contributed by atoms with van der Waals surface area (Å²) >= 11 is 0. The average molecular weight is 115 g/mol. The van der Waals surface area contributed by atoms with Gasteiger partial charge in [0.25, 0.3) is 0 Å². The third-order valence-electron chi connectivity index (χ3n) is 0.236. The first-order valence-corrected chi connectivity index (χ1v) is 1.45. The molecule has 0 spiro atoms. The summed E-state index contributed by atoms with van der Waals surface area (Å²) in [5.41, 5.74) is 0. The monoisotopic (exact) mass is 114 g/mol. The van der Waals surface area contributed by atoms with Crippen LogP contribution in [0.4, 0.5) is 0 Å². The van der Waals surface area contributed by atoms with Gasteiger partial charge in [-0.25, -0.2) is 0 Å². The van der Waals surface area contributed by atoms with E-state index in [2.05, 4.69) is 0 Å².